The number of guanidine groups is 1. The summed E-state index contributed by atoms with van der Waals surface area (Å²) in [6.45, 7) is 10.2. The molecule has 0 aliphatic carbocycles. The van der Waals surface area contributed by atoms with Gasteiger partial charge in [0.25, 0.3) is 0 Å². The predicted molar refractivity (Wildman–Crippen MR) is 104 cm³/mol. The van der Waals surface area contributed by atoms with Gasteiger partial charge in [-0.25, -0.2) is 4.98 Å². The Morgan fingerprint density at radius 3 is 2.52 bits per heavy atom. The Bertz CT molecular complexity index is 544. The molecule has 0 aromatic carbocycles. The summed E-state index contributed by atoms with van der Waals surface area (Å²) in [6, 6.07) is 4.24. The van der Waals surface area contributed by atoms with E-state index in [9.17, 15) is 0 Å². The van der Waals surface area contributed by atoms with Crippen LogP contribution in [0.4, 0.5) is 5.82 Å². The normalized spacial score (nSPS) is 16.8. The Morgan fingerprint density at radius 1 is 1.28 bits per heavy atom. The van der Waals surface area contributed by atoms with Crippen molar-refractivity contribution < 1.29 is 4.74 Å². The molecule has 2 heterocycles. The molecule has 1 aliphatic heterocycles. The summed E-state index contributed by atoms with van der Waals surface area (Å²) in [4.78, 5) is 11.2. The predicted octanol–water partition coefficient (Wildman–Crippen LogP) is 2.41. The van der Waals surface area contributed by atoms with Crippen LogP contribution in [0.5, 0.6) is 0 Å². The van der Waals surface area contributed by atoms with E-state index in [1.54, 1.807) is 14.2 Å². The molecule has 1 aliphatic rings. The molecule has 0 bridgehead atoms. The van der Waals surface area contributed by atoms with Crippen LogP contribution in [0.15, 0.2) is 23.3 Å². The van der Waals surface area contributed by atoms with E-state index < -0.39 is 0 Å². The molecule has 1 saturated heterocycles. The molecule has 0 spiro atoms. The SMILES string of the molecule is CN=C(NCc1ccc(N2CCCC2)nc1)NCC(OC)C(C)(C)C. The first kappa shape index (κ1) is 19.5. The molecule has 1 fully saturated rings. The van der Waals surface area contributed by atoms with E-state index in [1.165, 1.54) is 12.8 Å². The highest BCUT2D eigenvalue weighted by molar-refractivity contribution is 5.79. The van der Waals surface area contributed by atoms with Crippen LogP contribution < -0.4 is 15.5 Å². The molecule has 25 heavy (non-hydrogen) atoms. The number of methoxy groups -OCH3 is 1. The number of aliphatic imine (C=N–C) groups is 1. The van der Waals surface area contributed by atoms with E-state index in [0.29, 0.717) is 13.1 Å². The van der Waals surface area contributed by atoms with Crippen molar-refractivity contribution in [3.05, 3.63) is 23.9 Å². The molecule has 1 aromatic rings. The number of rotatable bonds is 6. The summed E-state index contributed by atoms with van der Waals surface area (Å²) in [5.41, 5.74) is 1.22. The number of nitrogens with zero attached hydrogens (tertiary/aromatic N) is 3. The second-order valence-electron chi connectivity index (χ2n) is 7.62. The Balaban J connectivity index is 1.82. The molecule has 6 heteroatoms. The molecule has 2 N–H and O–H groups in total. The number of aromatic nitrogens is 1. The molecule has 6 nitrogen and oxygen atoms in total. The van der Waals surface area contributed by atoms with Crippen LogP contribution in [-0.2, 0) is 11.3 Å². The molecule has 2 rings (SSSR count). The fourth-order valence-electron chi connectivity index (χ4n) is 2.99. The van der Waals surface area contributed by atoms with Gasteiger partial charge in [-0.2, -0.15) is 0 Å². The number of ether oxygens (including phenoxy) is 1. The zero-order valence-corrected chi connectivity index (χ0v) is 16.3. The zero-order chi connectivity index (χ0) is 18.3. The van der Waals surface area contributed by atoms with E-state index >= 15 is 0 Å². The first-order valence-electron chi connectivity index (χ1n) is 9.11. The van der Waals surface area contributed by atoms with Gasteiger partial charge < -0.3 is 20.3 Å². The van der Waals surface area contributed by atoms with Gasteiger partial charge in [-0.15, -0.1) is 0 Å². The lowest BCUT2D eigenvalue weighted by molar-refractivity contribution is 0.0205. The van der Waals surface area contributed by atoms with E-state index in [4.69, 9.17) is 4.74 Å². The molecule has 140 valence electrons. The second-order valence-corrected chi connectivity index (χ2v) is 7.62. The van der Waals surface area contributed by atoms with Crippen LogP contribution >= 0.6 is 0 Å². The minimum absolute atomic E-state index is 0.0793. The second kappa shape index (κ2) is 9.04. The number of hydrogen-bond acceptors (Lipinski definition) is 4. The molecule has 0 saturated carbocycles. The lowest BCUT2D eigenvalue weighted by Crippen LogP contribution is -2.45. The van der Waals surface area contributed by atoms with Crippen LogP contribution in [0.3, 0.4) is 0 Å². The van der Waals surface area contributed by atoms with Gasteiger partial charge >= 0.3 is 0 Å². The third kappa shape index (κ3) is 5.88. The fourth-order valence-corrected chi connectivity index (χ4v) is 2.99. The van der Waals surface area contributed by atoms with Gasteiger partial charge in [-0.1, -0.05) is 26.8 Å². The van der Waals surface area contributed by atoms with Crippen molar-refractivity contribution in [1.29, 1.82) is 0 Å². The Morgan fingerprint density at radius 2 is 2.00 bits per heavy atom. The quantitative estimate of drug-likeness (QED) is 0.611. The molecule has 0 radical (unpaired) electrons. The minimum atomic E-state index is 0.0793. The van der Waals surface area contributed by atoms with Gasteiger partial charge in [0, 0.05) is 46.5 Å². The maximum atomic E-state index is 5.57. The topological polar surface area (TPSA) is 61.8 Å². The van der Waals surface area contributed by atoms with Crippen molar-refractivity contribution in [2.45, 2.75) is 46.3 Å². The van der Waals surface area contributed by atoms with Crippen molar-refractivity contribution in [2.75, 3.05) is 38.7 Å². The van der Waals surface area contributed by atoms with Crippen LogP contribution in [0.2, 0.25) is 0 Å². The highest BCUT2D eigenvalue weighted by atomic mass is 16.5. The molecular formula is C19H33N5O. The fraction of sp³-hybridized carbons (Fsp3) is 0.684. The van der Waals surface area contributed by atoms with Crippen molar-refractivity contribution in [2.24, 2.45) is 10.4 Å². The first-order valence-corrected chi connectivity index (χ1v) is 9.11. The smallest absolute Gasteiger partial charge is 0.191 e. The molecular weight excluding hydrogens is 314 g/mol. The summed E-state index contributed by atoms with van der Waals surface area (Å²) in [5, 5.41) is 6.67. The number of pyridine rings is 1. The summed E-state index contributed by atoms with van der Waals surface area (Å²) in [7, 11) is 3.53. The number of anilines is 1. The van der Waals surface area contributed by atoms with Crippen LogP contribution in [0, 0.1) is 5.41 Å². The zero-order valence-electron chi connectivity index (χ0n) is 16.3. The van der Waals surface area contributed by atoms with Crippen molar-refractivity contribution in [3.63, 3.8) is 0 Å². The molecule has 1 aromatic heterocycles. The summed E-state index contributed by atoms with van der Waals surface area (Å²) in [6.07, 6.45) is 4.60. The number of nitrogens with one attached hydrogen (secondary N) is 2. The van der Waals surface area contributed by atoms with Gasteiger partial charge in [0.2, 0.25) is 0 Å². The average molecular weight is 348 g/mol. The Labute approximate surface area is 152 Å². The lowest BCUT2D eigenvalue weighted by Gasteiger charge is -2.30. The van der Waals surface area contributed by atoms with E-state index in [2.05, 4.69) is 58.4 Å². The summed E-state index contributed by atoms with van der Waals surface area (Å²) < 4.78 is 5.57. The van der Waals surface area contributed by atoms with Crippen molar-refractivity contribution >= 4 is 11.8 Å². The third-order valence-corrected chi connectivity index (χ3v) is 4.63. The summed E-state index contributed by atoms with van der Waals surface area (Å²) in [5.74, 6) is 1.85. The van der Waals surface area contributed by atoms with E-state index in [1.807, 2.05) is 6.20 Å². The van der Waals surface area contributed by atoms with E-state index in [0.717, 1.165) is 30.4 Å². The van der Waals surface area contributed by atoms with Gasteiger partial charge in [0.05, 0.1) is 6.10 Å². The standard InChI is InChI=1S/C19H33N5O/c1-19(2,3)16(25-5)14-23-18(20-4)22-13-15-8-9-17(21-12-15)24-10-6-7-11-24/h8-9,12,16H,6-7,10-11,13-14H2,1-5H3,(H2,20,22,23). The van der Waals surface area contributed by atoms with Crippen LogP contribution in [0.1, 0.15) is 39.2 Å². The minimum Gasteiger partial charge on any atom is -0.379 e. The van der Waals surface area contributed by atoms with Gasteiger partial charge in [-0.05, 0) is 29.9 Å². The van der Waals surface area contributed by atoms with E-state index in [-0.39, 0.29) is 11.5 Å². The van der Waals surface area contributed by atoms with Gasteiger partial charge in [-0.3, -0.25) is 4.99 Å². The molecule has 1 atom stereocenters. The van der Waals surface area contributed by atoms with Gasteiger partial charge in [0.15, 0.2) is 5.96 Å². The van der Waals surface area contributed by atoms with Crippen molar-refractivity contribution in [3.8, 4) is 0 Å². The number of hydrogen-bond donors (Lipinski definition) is 2. The highest BCUT2D eigenvalue weighted by Gasteiger charge is 2.24. The maximum absolute atomic E-state index is 5.57. The monoisotopic (exact) mass is 347 g/mol. The Kier molecular flexibility index (Phi) is 7.05. The van der Waals surface area contributed by atoms with Crippen molar-refractivity contribution in [1.82, 2.24) is 15.6 Å². The molecule has 0 amide bonds. The lowest BCUT2D eigenvalue weighted by atomic mass is 9.89. The third-order valence-electron chi connectivity index (χ3n) is 4.63. The van der Waals surface area contributed by atoms with Gasteiger partial charge in [0.1, 0.15) is 5.82 Å². The average Bonchev–Trinajstić information content (AvgIpc) is 3.12. The largest absolute Gasteiger partial charge is 0.379 e. The maximum Gasteiger partial charge on any atom is 0.191 e. The highest BCUT2D eigenvalue weighted by Crippen LogP contribution is 2.21. The first-order chi connectivity index (χ1) is 11.9. The summed E-state index contributed by atoms with van der Waals surface area (Å²) >= 11 is 0. The van der Waals surface area contributed by atoms with Crippen LogP contribution in [-0.4, -0.2) is 50.8 Å². The Hall–Kier alpha value is -1.82. The molecule has 1 unspecified atom stereocenters. The van der Waals surface area contributed by atoms with Crippen LogP contribution in [0.25, 0.3) is 0 Å².